The highest BCUT2D eigenvalue weighted by molar-refractivity contribution is 6.30. The summed E-state index contributed by atoms with van der Waals surface area (Å²) >= 11 is 6.69. The van der Waals surface area contributed by atoms with Gasteiger partial charge in [-0.2, -0.15) is 5.10 Å². The fourth-order valence-electron chi connectivity index (χ4n) is 4.35. The third kappa shape index (κ3) is 4.33. The van der Waals surface area contributed by atoms with Crippen LogP contribution in [0.1, 0.15) is 33.9 Å². The molecule has 4 aromatic rings. The standard InChI is InChI=1S/C28H24ClN3O4/c1-34-20-10-11-22-19(13-20)14-21(27(29)30-22)24-16-23(18-9-12-25(35-2)26(15-18)36-3)31-32(24)28(33)17-7-5-4-6-8-17/h4-15,24H,16H2,1-3H3/t24-/m0/s1. The average Bonchev–Trinajstić information content (AvgIpc) is 3.37. The maximum absolute atomic E-state index is 13.6. The van der Waals surface area contributed by atoms with Crippen molar-refractivity contribution in [3.8, 4) is 17.2 Å². The van der Waals surface area contributed by atoms with Crippen LogP contribution in [-0.4, -0.2) is 42.9 Å². The van der Waals surface area contributed by atoms with Crippen LogP contribution in [0.5, 0.6) is 17.2 Å². The van der Waals surface area contributed by atoms with Crippen LogP contribution in [0.4, 0.5) is 0 Å². The number of benzene rings is 3. The summed E-state index contributed by atoms with van der Waals surface area (Å²) in [6.07, 6.45) is 0.449. The van der Waals surface area contributed by atoms with Gasteiger partial charge in [-0.3, -0.25) is 4.79 Å². The molecule has 8 heteroatoms. The van der Waals surface area contributed by atoms with Crippen LogP contribution in [0.3, 0.4) is 0 Å². The highest BCUT2D eigenvalue weighted by Crippen LogP contribution is 2.39. The number of fused-ring (bicyclic) bond motifs is 1. The molecule has 7 nitrogen and oxygen atoms in total. The van der Waals surface area contributed by atoms with Crippen molar-refractivity contribution in [2.24, 2.45) is 5.10 Å². The molecule has 1 aliphatic rings. The summed E-state index contributed by atoms with van der Waals surface area (Å²) in [5.74, 6) is 1.69. The van der Waals surface area contributed by atoms with Crippen molar-refractivity contribution in [1.82, 2.24) is 9.99 Å². The van der Waals surface area contributed by atoms with E-state index >= 15 is 0 Å². The summed E-state index contributed by atoms with van der Waals surface area (Å²) in [7, 11) is 4.79. The number of rotatable bonds is 6. The van der Waals surface area contributed by atoms with E-state index in [-0.39, 0.29) is 5.91 Å². The lowest BCUT2D eigenvalue weighted by atomic mass is 9.97. The molecule has 1 amide bonds. The lowest BCUT2D eigenvalue weighted by Gasteiger charge is -2.23. The third-order valence-corrected chi connectivity index (χ3v) is 6.52. The number of nitrogens with zero attached hydrogens (tertiary/aromatic N) is 3. The van der Waals surface area contributed by atoms with E-state index in [4.69, 9.17) is 30.9 Å². The van der Waals surface area contributed by atoms with E-state index in [0.717, 1.165) is 22.2 Å². The smallest absolute Gasteiger partial charge is 0.274 e. The first-order chi connectivity index (χ1) is 17.5. The van der Waals surface area contributed by atoms with E-state index in [1.807, 2.05) is 60.7 Å². The second kappa shape index (κ2) is 9.87. The first kappa shape index (κ1) is 23.6. The number of hydrogen-bond donors (Lipinski definition) is 0. The van der Waals surface area contributed by atoms with Gasteiger partial charge in [-0.05, 0) is 54.6 Å². The molecule has 0 spiro atoms. The summed E-state index contributed by atoms with van der Waals surface area (Å²) in [5, 5.41) is 7.46. The minimum Gasteiger partial charge on any atom is -0.497 e. The van der Waals surface area contributed by atoms with Crippen molar-refractivity contribution in [3.05, 3.63) is 94.6 Å². The van der Waals surface area contributed by atoms with Gasteiger partial charge < -0.3 is 14.2 Å². The Morgan fingerprint density at radius 2 is 1.69 bits per heavy atom. The van der Waals surface area contributed by atoms with Crippen LogP contribution in [0.2, 0.25) is 5.15 Å². The van der Waals surface area contributed by atoms with E-state index < -0.39 is 6.04 Å². The second-order valence-electron chi connectivity index (χ2n) is 8.28. The first-order valence-electron chi connectivity index (χ1n) is 11.3. The molecular weight excluding hydrogens is 478 g/mol. The highest BCUT2D eigenvalue weighted by Gasteiger charge is 2.35. The van der Waals surface area contributed by atoms with Crippen molar-refractivity contribution in [1.29, 1.82) is 0 Å². The van der Waals surface area contributed by atoms with Gasteiger partial charge >= 0.3 is 0 Å². The van der Waals surface area contributed by atoms with Crippen molar-refractivity contribution < 1.29 is 19.0 Å². The molecule has 0 saturated carbocycles. The molecule has 0 unspecified atom stereocenters. The average molecular weight is 502 g/mol. The quantitative estimate of drug-likeness (QED) is 0.307. The molecule has 1 atom stereocenters. The zero-order valence-electron chi connectivity index (χ0n) is 20.1. The monoisotopic (exact) mass is 501 g/mol. The van der Waals surface area contributed by atoms with Crippen molar-refractivity contribution in [2.75, 3.05) is 21.3 Å². The summed E-state index contributed by atoms with van der Waals surface area (Å²) in [6.45, 7) is 0. The topological polar surface area (TPSA) is 73.2 Å². The zero-order chi connectivity index (χ0) is 25.2. The van der Waals surface area contributed by atoms with Gasteiger partial charge in [0.25, 0.3) is 5.91 Å². The molecule has 1 aliphatic heterocycles. The predicted octanol–water partition coefficient (Wildman–Crippen LogP) is 5.91. The number of aromatic nitrogens is 1. The maximum atomic E-state index is 13.6. The normalized spacial score (nSPS) is 15.1. The molecule has 182 valence electrons. The molecule has 0 fully saturated rings. The summed E-state index contributed by atoms with van der Waals surface area (Å²) in [6, 6.07) is 21.8. The molecular formula is C28H24ClN3O4. The number of methoxy groups -OCH3 is 3. The fourth-order valence-corrected chi connectivity index (χ4v) is 4.62. The summed E-state index contributed by atoms with van der Waals surface area (Å²) in [4.78, 5) is 18.2. The Labute approximate surface area is 213 Å². The number of halogens is 1. The number of amides is 1. The summed E-state index contributed by atoms with van der Waals surface area (Å²) < 4.78 is 16.2. The van der Waals surface area contributed by atoms with Gasteiger partial charge in [0.1, 0.15) is 10.9 Å². The van der Waals surface area contributed by atoms with Crippen LogP contribution in [0.25, 0.3) is 10.9 Å². The van der Waals surface area contributed by atoms with Gasteiger partial charge in [-0.1, -0.05) is 29.8 Å². The van der Waals surface area contributed by atoms with Crippen molar-refractivity contribution in [3.63, 3.8) is 0 Å². The minimum atomic E-state index is -0.448. The van der Waals surface area contributed by atoms with E-state index in [2.05, 4.69) is 4.98 Å². The Morgan fingerprint density at radius 3 is 2.42 bits per heavy atom. The minimum absolute atomic E-state index is 0.224. The lowest BCUT2D eigenvalue weighted by Crippen LogP contribution is -2.27. The molecule has 36 heavy (non-hydrogen) atoms. The van der Waals surface area contributed by atoms with Crippen molar-refractivity contribution >= 4 is 34.1 Å². The number of carbonyl (C=O) groups excluding carboxylic acids is 1. The first-order valence-corrected chi connectivity index (χ1v) is 11.7. The second-order valence-corrected chi connectivity index (χ2v) is 8.64. The van der Waals surface area contributed by atoms with Gasteiger partial charge in [-0.15, -0.1) is 0 Å². The van der Waals surface area contributed by atoms with Crippen LogP contribution in [-0.2, 0) is 0 Å². The fraction of sp³-hybridized carbons (Fsp3) is 0.179. The van der Waals surface area contributed by atoms with E-state index in [1.165, 1.54) is 5.01 Å². The Balaban J connectivity index is 1.61. The van der Waals surface area contributed by atoms with E-state index in [9.17, 15) is 4.79 Å². The van der Waals surface area contributed by atoms with Gasteiger partial charge in [0.2, 0.25) is 0 Å². The van der Waals surface area contributed by atoms with Gasteiger partial charge in [-0.25, -0.2) is 9.99 Å². The molecule has 0 N–H and O–H groups in total. The SMILES string of the molecule is COc1ccc2nc(Cl)c([C@@H]3CC(c4ccc(OC)c(OC)c4)=NN3C(=O)c3ccccc3)cc2c1. The summed E-state index contributed by atoms with van der Waals surface area (Å²) in [5.41, 5.74) is 3.54. The molecule has 0 aliphatic carbocycles. The van der Waals surface area contributed by atoms with E-state index in [0.29, 0.717) is 39.9 Å². The van der Waals surface area contributed by atoms with Crippen LogP contribution in [0, 0.1) is 0 Å². The zero-order valence-corrected chi connectivity index (χ0v) is 20.8. The van der Waals surface area contributed by atoms with Crippen LogP contribution >= 0.6 is 11.6 Å². The van der Waals surface area contributed by atoms with E-state index in [1.54, 1.807) is 33.5 Å². The van der Waals surface area contributed by atoms with Crippen LogP contribution in [0.15, 0.2) is 77.9 Å². The van der Waals surface area contributed by atoms with Gasteiger partial charge in [0.05, 0.1) is 38.6 Å². The van der Waals surface area contributed by atoms with Crippen LogP contribution < -0.4 is 14.2 Å². The van der Waals surface area contributed by atoms with Crippen molar-refractivity contribution in [2.45, 2.75) is 12.5 Å². The molecule has 1 aromatic heterocycles. The number of hydrogen-bond acceptors (Lipinski definition) is 6. The number of pyridine rings is 1. The Kier molecular flexibility index (Phi) is 6.48. The Morgan fingerprint density at radius 1 is 0.917 bits per heavy atom. The third-order valence-electron chi connectivity index (χ3n) is 6.22. The molecule has 5 rings (SSSR count). The number of ether oxygens (including phenoxy) is 3. The van der Waals surface area contributed by atoms with Gasteiger partial charge in [0, 0.05) is 28.5 Å². The lowest BCUT2D eigenvalue weighted by molar-refractivity contribution is 0.0711. The molecule has 0 saturated heterocycles. The highest BCUT2D eigenvalue weighted by atomic mass is 35.5. The molecule has 2 heterocycles. The maximum Gasteiger partial charge on any atom is 0.274 e. The number of carbonyl (C=O) groups is 1. The number of hydrazone groups is 1. The molecule has 0 bridgehead atoms. The van der Waals surface area contributed by atoms with Gasteiger partial charge in [0.15, 0.2) is 11.5 Å². The predicted molar refractivity (Wildman–Crippen MR) is 139 cm³/mol. The Bertz CT molecular complexity index is 1470. The Hall–Kier alpha value is -4.10. The molecule has 0 radical (unpaired) electrons. The molecule has 3 aromatic carbocycles. The largest absolute Gasteiger partial charge is 0.497 e.